The molecule has 4 heteroatoms. The molecule has 2 rings (SSSR count). The van der Waals surface area contributed by atoms with Crippen LogP contribution in [0.2, 0.25) is 0 Å². The van der Waals surface area contributed by atoms with E-state index in [4.69, 9.17) is 0 Å². The van der Waals surface area contributed by atoms with E-state index in [1.54, 1.807) is 0 Å². The molecule has 2 saturated heterocycles. The van der Waals surface area contributed by atoms with Gasteiger partial charge in [0.2, 0.25) is 5.91 Å². The van der Waals surface area contributed by atoms with Gasteiger partial charge in [0.15, 0.2) is 0 Å². The molecule has 4 nitrogen and oxygen atoms in total. The molecule has 2 aliphatic rings. The van der Waals surface area contributed by atoms with Gasteiger partial charge in [-0.1, -0.05) is 0 Å². The van der Waals surface area contributed by atoms with Crippen LogP contribution >= 0.6 is 0 Å². The van der Waals surface area contributed by atoms with Crippen molar-refractivity contribution in [2.45, 2.75) is 25.3 Å². The summed E-state index contributed by atoms with van der Waals surface area (Å²) in [5.74, 6) is 1.05. The Bertz CT molecular complexity index is 255. The van der Waals surface area contributed by atoms with Gasteiger partial charge in [-0.3, -0.25) is 4.79 Å². The number of nitrogens with zero attached hydrogens (tertiary/aromatic N) is 2. The molecular weight excluding hydrogens is 202 g/mol. The van der Waals surface area contributed by atoms with Crippen molar-refractivity contribution >= 4 is 5.91 Å². The zero-order valence-corrected chi connectivity index (χ0v) is 10.4. The second-order valence-electron chi connectivity index (χ2n) is 5.27. The van der Waals surface area contributed by atoms with E-state index in [1.165, 1.54) is 12.8 Å². The zero-order valence-electron chi connectivity index (χ0n) is 10.4. The number of carbonyl (C=O) groups excluding carboxylic acids is 1. The molecule has 2 fully saturated rings. The Kier molecular flexibility index (Phi) is 3.82. The highest BCUT2D eigenvalue weighted by atomic mass is 16.2. The van der Waals surface area contributed by atoms with E-state index in [0.29, 0.717) is 24.3 Å². The lowest BCUT2D eigenvalue weighted by molar-refractivity contribution is -0.135. The van der Waals surface area contributed by atoms with Crippen molar-refractivity contribution < 1.29 is 4.79 Å². The molecule has 0 saturated carbocycles. The van der Waals surface area contributed by atoms with Crippen LogP contribution in [0.4, 0.5) is 0 Å². The number of carbonyl (C=O) groups is 1. The third-order valence-corrected chi connectivity index (χ3v) is 3.77. The van der Waals surface area contributed by atoms with E-state index in [-0.39, 0.29) is 0 Å². The highest BCUT2D eigenvalue weighted by Gasteiger charge is 2.36. The number of nitrogens with one attached hydrogen (secondary N) is 1. The predicted molar refractivity (Wildman–Crippen MR) is 64.3 cm³/mol. The second-order valence-corrected chi connectivity index (χ2v) is 5.27. The Morgan fingerprint density at radius 1 is 1.44 bits per heavy atom. The third-order valence-electron chi connectivity index (χ3n) is 3.77. The minimum Gasteiger partial charge on any atom is -0.338 e. The van der Waals surface area contributed by atoms with Gasteiger partial charge in [-0.25, -0.2) is 0 Å². The highest BCUT2D eigenvalue weighted by molar-refractivity contribution is 5.77. The van der Waals surface area contributed by atoms with Crippen molar-refractivity contribution in [3.05, 3.63) is 0 Å². The van der Waals surface area contributed by atoms with Gasteiger partial charge < -0.3 is 15.1 Å². The first-order valence-electron chi connectivity index (χ1n) is 6.33. The maximum Gasteiger partial charge on any atom is 0.224 e. The molecule has 2 aliphatic heterocycles. The lowest BCUT2D eigenvalue weighted by Gasteiger charge is -2.37. The molecule has 1 N–H and O–H groups in total. The van der Waals surface area contributed by atoms with Crippen LogP contribution in [0.15, 0.2) is 0 Å². The monoisotopic (exact) mass is 225 g/mol. The molecule has 0 bridgehead atoms. The Hall–Kier alpha value is -0.610. The van der Waals surface area contributed by atoms with Crippen molar-refractivity contribution in [2.75, 3.05) is 40.3 Å². The highest BCUT2D eigenvalue weighted by Crippen LogP contribution is 2.26. The van der Waals surface area contributed by atoms with Crippen LogP contribution in [0.25, 0.3) is 0 Å². The summed E-state index contributed by atoms with van der Waals surface area (Å²) in [6.45, 7) is 3.93. The van der Waals surface area contributed by atoms with Crippen LogP contribution < -0.4 is 5.32 Å². The minimum atomic E-state index is 0.340. The Morgan fingerprint density at radius 3 is 3.00 bits per heavy atom. The average molecular weight is 225 g/mol. The fraction of sp³-hybridized carbons (Fsp3) is 0.917. The van der Waals surface area contributed by atoms with Gasteiger partial charge in [-0.05, 0) is 32.9 Å². The summed E-state index contributed by atoms with van der Waals surface area (Å²) >= 11 is 0. The number of likely N-dealkylation sites (tertiary alicyclic amines) is 1. The first-order valence-corrected chi connectivity index (χ1v) is 6.33. The zero-order chi connectivity index (χ0) is 11.5. The van der Waals surface area contributed by atoms with Gasteiger partial charge in [0.05, 0.1) is 0 Å². The summed E-state index contributed by atoms with van der Waals surface area (Å²) in [6, 6.07) is 0.475. The van der Waals surface area contributed by atoms with Crippen LogP contribution in [-0.4, -0.2) is 62.0 Å². The van der Waals surface area contributed by atoms with Crippen LogP contribution in [0.3, 0.4) is 0 Å². The Balaban J connectivity index is 1.89. The van der Waals surface area contributed by atoms with Gasteiger partial charge >= 0.3 is 0 Å². The lowest BCUT2D eigenvalue weighted by Crippen LogP contribution is -2.48. The first kappa shape index (κ1) is 11.9. The van der Waals surface area contributed by atoms with Crippen LogP contribution in [0, 0.1) is 5.92 Å². The Morgan fingerprint density at radius 2 is 2.25 bits per heavy atom. The molecule has 2 atom stereocenters. The number of hydrogen-bond acceptors (Lipinski definition) is 3. The summed E-state index contributed by atoms with van der Waals surface area (Å²) < 4.78 is 0. The molecule has 0 aliphatic carbocycles. The summed E-state index contributed by atoms with van der Waals surface area (Å²) in [6.07, 6.45) is 3.13. The molecular formula is C12H23N3O. The normalized spacial score (nSPS) is 29.6. The van der Waals surface area contributed by atoms with E-state index < -0.39 is 0 Å². The van der Waals surface area contributed by atoms with Gasteiger partial charge in [0, 0.05) is 38.6 Å². The molecule has 2 heterocycles. The molecule has 0 aromatic rings. The molecule has 0 aromatic heterocycles. The SMILES string of the molecule is CN(C)CCC(=O)N1CCCC2CNCC21. The van der Waals surface area contributed by atoms with Crippen molar-refractivity contribution in [3.8, 4) is 0 Å². The maximum atomic E-state index is 12.1. The summed E-state index contributed by atoms with van der Waals surface area (Å²) in [4.78, 5) is 16.3. The predicted octanol–water partition coefficient (Wildman–Crippen LogP) is 0.149. The maximum absolute atomic E-state index is 12.1. The van der Waals surface area contributed by atoms with E-state index in [9.17, 15) is 4.79 Å². The van der Waals surface area contributed by atoms with Crippen molar-refractivity contribution in [1.82, 2.24) is 15.1 Å². The van der Waals surface area contributed by atoms with Gasteiger partial charge in [0.25, 0.3) is 0 Å². The van der Waals surface area contributed by atoms with Crippen molar-refractivity contribution in [3.63, 3.8) is 0 Å². The second kappa shape index (κ2) is 5.15. The van der Waals surface area contributed by atoms with Crippen molar-refractivity contribution in [1.29, 1.82) is 0 Å². The molecule has 0 radical (unpaired) electrons. The summed E-state index contributed by atoms with van der Waals surface area (Å²) in [7, 11) is 4.03. The summed E-state index contributed by atoms with van der Waals surface area (Å²) in [5, 5.41) is 3.41. The molecule has 0 aromatic carbocycles. The van der Waals surface area contributed by atoms with Crippen LogP contribution in [0.5, 0.6) is 0 Å². The summed E-state index contributed by atoms with van der Waals surface area (Å²) in [5.41, 5.74) is 0. The molecule has 0 spiro atoms. The number of hydrogen-bond donors (Lipinski definition) is 1. The van der Waals surface area contributed by atoms with Crippen LogP contribution in [-0.2, 0) is 4.79 Å². The Labute approximate surface area is 98.0 Å². The van der Waals surface area contributed by atoms with E-state index in [0.717, 1.165) is 26.2 Å². The molecule has 92 valence electrons. The topological polar surface area (TPSA) is 35.6 Å². The number of piperidine rings is 1. The minimum absolute atomic E-state index is 0.340. The van der Waals surface area contributed by atoms with E-state index in [2.05, 4.69) is 15.1 Å². The van der Waals surface area contributed by atoms with Gasteiger partial charge in [-0.2, -0.15) is 0 Å². The number of rotatable bonds is 3. The van der Waals surface area contributed by atoms with Crippen LogP contribution in [0.1, 0.15) is 19.3 Å². The number of fused-ring (bicyclic) bond motifs is 1. The third kappa shape index (κ3) is 2.55. The number of amides is 1. The molecule has 16 heavy (non-hydrogen) atoms. The van der Waals surface area contributed by atoms with E-state index in [1.807, 2.05) is 14.1 Å². The first-order chi connectivity index (χ1) is 7.68. The van der Waals surface area contributed by atoms with Gasteiger partial charge in [0.1, 0.15) is 0 Å². The smallest absolute Gasteiger partial charge is 0.224 e. The fourth-order valence-corrected chi connectivity index (χ4v) is 2.84. The molecule has 2 unspecified atom stereocenters. The largest absolute Gasteiger partial charge is 0.338 e. The fourth-order valence-electron chi connectivity index (χ4n) is 2.84. The lowest BCUT2D eigenvalue weighted by atomic mass is 9.92. The average Bonchev–Trinajstić information content (AvgIpc) is 2.73. The standard InChI is InChI=1S/C12H23N3O/c1-14(2)7-5-12(16)15-6-3-4-10-8-13-9-11(10)15/h10-11,13H,3-9H2,1-2H3. The quantitative estimate of drug-likeness (QED) is 0.742. The van der Waals surface area contributed by atoms with Gasteiger partial charge in [-0.15, -0.1) is 0 Å². The molecule has 1 amide bonds. The van der Waals surface area contributed by atoms with E-state index >= 15 is 0 Å². The van der Waals surface area contributed by atoms with Crippen molar-refractivity contribution in [2.24, 2.45) is 5.92 Å².